The van der Waals surface area contributed by atoms with Crippen molar-refractivity contribution < 1.29 is 9.47 Å². The fourth-order valence-electron chi connectivity index (χ4n) is 2.27. The summed E-state index contributed by atoms with van der Waals surface area (Å²) < 4.78 is 11.3. The molecule has 0 aromatic carbocycles. The van der Waals surface area contributed by atoms with Gasteiger partial charge in [0.05, 0.1) is 18.8 Å². The van der Waals surface area contributed by atoms with E-state index in [4.69, 9.17) is 14.7 Å². The summed E-state index contributed by atoms with van der Waals surface area (Å²) in [4.78, 5) is 0. The van der Waals surface area contributed by atoms with Gasteiger partial charge in [0.25, 0.3) is 0 Å². The molecule has 1 atom stereocenters. The molecule has 0 aromatic rings. The quantitative estimate of drug-likeness (QED) is 0.556. The third-order valence-electron chi connectivity index (χ3n) is 3.40. The van der Waals surface area contributed by atoms with Crippen LogP contribution < -0.4 is 0 Å². The molecule has 0 aliphatic carbocycles. The lowest BCUT2D eigenvalue weighted by atomic mass is 10.1. The highest BCUT2D eigenvalue weighted by atomic mass is 16.5. The van der Waals surface area contributed by atoms with Crippen molar-refractivity contribution in [3.05, 3.63) is 0 Å². The molecule has 1 aliphatic heterocycles. The summed E-state index contributed by atoms with van der Waals surface area (Å²) in [7, 11) is 0. The highest BCUT2D eigenvalue weighted by molar-refractivity contribution is 4.67. The molecule has 0 aromatic heterocycles. The molecule has 104 valence electrons. The SMILES string of the molecule is N#CCCCCCCCCOCC1CCCCO1. The van der Waals surface area contributed by atoms with Crippen LogP contribution in [0.15, 0.2) is 0 Å². The van der Waals surface area contributed by atoms with Gasteiger partial charge in [-0.2, -0.15) is 5.26 Å². The molecule has 0 N–H and O–H groups in total. The van der Waals surface area contributed by atoms with E-state index in [0.717, 1.165) is 32.7 Å². The molecule has 0 amide bonds. The molecule has 1 heterocycles. The Morgan fingerprint density at radius 2 is 1.83 bits per heavy atom. The van der Waals surface area contributed by atoms with E-state index in [1.54, 1.807) is 0 Å². The maximum Gasteiger partial charge on any atom is 0.0808 e. The van der Waals surface area contributed by atoms with E-state index < -0.39 is 0 Å². The number of hydrogen-bond acceptors (Lipinski definition) is 3. The Morgan fingerprint density at radius 3 is 2.56 bits per heavy atom. The number of ether oxygens (including phenoxy) is 2. The van der Waals surface area contributed by atoms with Crippen LogP contribution in [0.4, 0.5) is 0 Å². The van der Waals surface area contributed by atoms with Gasteiger partial charge in [-0.25, -0.2) is 0 Å². The van der Waals surface area contributed by atoms with Gasteiger partial charge in [0.15, 0.2) is 0 Å². The van der Waals surface area contributed by atoms with E-state index in [0.29, 0.717) is 12.5 Å². The minimum atomic E-state index is 0.352. The zero-order valence-corrected chi connectivity index (χ0v) is 11.5. The second-order valence-electron chi connectivity index (χ2n) is 5.09. The van der Waals surface area contributed by atoms with Crippen molar-refractivity contribution in [3.63, 3.8) is 0 Å². The highest BCUT2D eigenvalue weighted by Gasteiger charge is 2.13. The van der Waals surface area contributed by atoms with Crippen LogP contribution in [-0.2, 0) is 9.47 Å². The molecular weight excluding hydrogens is 226 g/mol. The maximum atomic E-state index is 8.40. The molecule has 18 heavy (non-hydrogen) atoms. The molecule has 0 spiro atoms. The van der Waals surface area contributed by atoms with Gasteiger partial charge in [0.1, 0.15) is 0 Å². The zero-order chi connectivity index (χ0) is 12.9. The average molecular weight is 253 g/mol. The molecule has 0 saturated carbocycles. The molecule has 3 heteroatoms. The van der Waals surface area contributed by atoms with Gasteiger partial charge >= 0.3 is 0 Å². The van der Waals surface area contributed by atoms with Crippen molar-refractivity contribution in [3.8, 4) is 6.07 Å². The molecular formula is C15H27NO2. The predicted molar refractivity (Wildman–Crippen MR) is 72.3 cm³/mol. The summed E-state index contributed by atoms with van der Waals surface area (Å²) in [6.45, 7) is 2.57. The normalized spacial score (nSPS) is 19.6. The van der Waals surface area contributed by atoms with Crippen molar-refractivity contribution >= 4 is 0 Å². The topological polar surface area (TPSA) is 42.2 Å². The molecule has 0 bridgehead atoms. The van der Waals surface area contributed by atoms with E-state index in [1.165, 1.54) is 44.9 Å². The first-order chi connectivity index (χ1) is 8.93. The minimum absolute atomic E-state index is 0.352. The molecule has 3 nitrogen and oxygen atoms in total. The van der Waals surface area contributed by atoms with Crippen LogP contribution in [-0.4, -0.2) is 25.9 Å². The monoisotopic (exact) mass is 253 g/mol. The molecule has 1 rings (SSSR count). The minimum Gasteiger partial charge on any atom is -0.379 e. The van der Waals surface area contributed by atoms with E-state index >= 15 is 0 Å². The van der Waals surface area contributed by atoms with Gasteiger partial charge < -0.3 is 9.47 Å². The average Bonchev–Trinajstić information content (AvgIpc) is 2.42. The van der Waals surface area contributed by atoms with Gasteiger partial charge in [0.2, 0.25) is 0 Å². The lowest BCUT2D eigenvalue weighted by Gasteiger charge is -2.22. The van der Waals surface area contributed by atoms with Crippen LogP contribution >= 0.6 is 0 Å². The van der Waals surface area contributed by atoms with E-state index in [-0.39, 0.29) is 0 Å². The third kappa shape index (κ3) is 8.49. The molecule has 0 radical (unpaired) electrons. The Kier molecular flexibility index (Phi) is 9.88. The summed E-state index contributed by atoms with van der Waals surface area (Å²) in [5, 5.41) is 8.40. The summed E-state index contributed by atoms with van der Waals surface area (Å²) in [5.74, 6) is 0. The summed E-state index contributed by atoms with van der Waals surface area (Å²) in [6.07, 6.45) is 11.9. The first kappa shape index (κ1) is 15.5. The van der Waals surface area contributed by atoms with Crippen LogP contribution in [0, 0.1) is 11.3 Å². The van der Waals surface area contributed by atoms with Crippen molar-refractivity contribution in [2.24, 2.45) is 0 Å². The fourth-order valence-corrected chi connectivity index (χ4v) is 2.27. The molecule has 1 unspecified atom stereocenters. The van der Waals surface area contributed by atoms with Crippen molar-refractivity contribution in [2.45, 2.75) is 70.3 Å². The Balaban J connectivity index is 1.74. The maximum absolute atomic E-state index is 8.40. The van der Waals surface area contributed by atoms with E-state index in [2.05, 4.69) is 6.07 Å². The Morgan fingerprint density at radius 1 is 1.06 bits per heavy atom. The first-order valence-electron chi connectivity index (χ1n) is 7.50. The summed E-state index contributed by atoms with van der Waals surface area (Å²) in [5.41, 5.74) is 0. The largest absolute Gasteiger partial charge is 0.379 e. The number of unbranched alkanes of at least 4 members (excludes halogenated alkanes) is 6. The van der Waals surface area contributed by atoms with Crippen LogP contribution in [0.5, 0.6) is 0 Å². The Bertz CT molecular complexity index is 219. The third-order valence-corrected chi connectivity index (χ3v) is 3.40. The van der Waals surface area contributed by atoms with Crippen molar-refractivity contribution in [1.82, 2.24) is 0 Å². The molecule has 1 saturated heterocycles. The summed E-state index contributed by atoms with van der Waals surface area (Å²) >= 11 is 0. The second kappa shape index (κ2) is 11.5. The highest BCUT2D eigenvalue weighted by Crippen LogP contribution is 2.13. The van der Waals surface area contributed by atoms with Crippen LogP contribution in [0.3, 0.4) is 0 Å². The van der Waals surface area contributed by atoms with Crippen molar-refractivity contribution in [1.29, 1.82) is 5.26 Å². The van der Waals surface area contributed by atoms with Gasteiger partial charge in [-0.05, 0) is 32.1 Å². The van der Waals surface area contributed by atoms with Crippen LogP contribution in [0.25, 0.3) is 0 Å². The zero-order valence-electron chi connectivity index (χ0n) is 11.5. The predicted octanol–water partition coefficient (Wildman–Crippen LogP) is 3.83. The number of nitrogens with zero attached hydrogens (tertiary/aromatic N) is 1. The number of nitriles is 1. The van der Waals surface area contributed by atoms with Crippen LogP contribution in [0.2, 0.25) is 0 Å². The van der Waals surface area contributed by atoms with Gasteiger partial charge in [-0.1, -0.05) is 25.7 Å². The molecule has 1 aliphatic rings. The van der Waals surface area contributed by atoms with Gasteiger partial charge in [0, 0.05) is 19.6 Å². The lowest BCUT2D eigenvalue weighted by molar-refractivity contribution is -0.0411. The summed E-state index contributed by atoms with van der Waals surface area (Å²) in [6, 6.07) is 2.19. The fraction of sp³-hybridized carbons (Fsp3) is 0.933. The number of rotatable bonds is 10. The second-order valence-corrected chi connectivity index (χ2v) is 5.09. The van der Waals surface area contributed by atoms with Crippen molar-refractivity contribution in [2.75, 3.05) is 19.8 Å². The lowest BCUT2D eigenvalue weighted by Crippen LogP contribution is -2.24. The molecule has 1 fully saturated rings. The van der Waals surface area contributed by atoms with E-state index in [1.807, 2.05) is 0 Å². The number of hydrogen-bond donors (Lipinski definition) is 0. The first-order valence-corrected chi connectivity index (χ1v) is 7.50. The Labute approximate surface area is 111 Å². The van der Waals surface area contributed by atoms with Crippen LogP contribution in [0.1, 0.15) is 64.2 Å². The van der Waals surface area contributed by atoms with Gasteiger partial charge in [-0.15, -0.1) is 0 Å². The van der Waals surface area contributed by atoms with Gasteiger partial charge in [-0.3, -0.25) is 0 Å². The smallest absolute Gasteiger partial charge is 0.0808 e. The Hall–Kier alpha value is -0.590. The standard InChI is InChI=1S/C15H27NO2/c16-11-7-4-2-1-3-5-8-12-17-14-15-10-6-9-13-18-15/h15H,1-10,12-14H2. The van der Waals surface area contributed by atoms with E-state index in [9.17, 15) is 0 Å².